The highest BCUT2D eigenvalue weighted by Gasteiger charge is 2.31. The number of nitrogens with zero attached hydrogens (tertiary/aromatic N) is 12. The molecule has 0 bridgehead atoms. The maximum Gasteiger partial charge on any atom is 0.291 e. The summed E-state index contributed by atoms with van der Waals surface area (Å²) < 4.78 is 71.3. The van der Waals surface area contributed by atoms with E-state index in [4.69, 9.17) is 55.9 Å². The molecule has 2 fully saturated rings. The van der Waals surface area contributed by atoms with E-state index in [9.17, 15) is 28.0 Å². The number of ether oxygens (including phenoxy) is 2. The zero-order valence-electron chi connectivity index (χ0n) is 57.5. The van der Waals surface area contributed by atoms with Gasteiger partial charge in [0.15, 0.2) is 11.6 Å². The van der Waals surface area contributed by atoms with Crippen LogP contribution < -0.4 is 30.7 Å². The number of nitrogens with one attached hydrogen (secondary N) is 4. The Morgan fingerprint density at radius 1 is 0.539 bits per heavy atom. The van der Waals surface area contributed by atoms with Gasteiger partial charge in [0.05, 0.1) is 104 Å². The molecule has 0 spiro atoms. The summed E-state index contributed by atoms with van der Waals surface area (Å²) in [6, 6.07) is 16.4. The molecule has 30 heteroatoms. The molecular formula is C72H80Cl4F4N16O6. The van der Waals surface area contributed by atoms with E-state index in [-0.39, 0.29) is 116 Å². The fraction of sp³-hybridized carbons (Fsp3) is 0.417. The first-order valence-electron chi connectivity index (χ1n) is 33.8. The minimum absolute atomic E-state index is 0.0557. The van der Waals surface area contributed by atoms with Crippen molar-refractivity contribution in [2.24, 2.45) is 14.1 Å². The number of hydrogen-bond donors (Lipinski definition) is 4. The summed E-state index contributed by atoms with van der Waals surface area (Å²) in [5.41, 5.74) is 7.67. The third-order valence-electron chi connectivity index (χ3n) is 19.1. The number of rotatable bonds is 22. The van der Waals surface area contributed by atoms with E-state index in [0.29, 0.717) is 123 Å². The van der Waals surface area contributed by atoms with Crippen LogP contribution in [0.3, 0.4) is 0 Å². The molecule has 22 nitrogen and oxygen atoms in total. The van der Waals surface area contributed by atoms with Gasteiger partial charge in [0.25, 0.3) is 11.8 Å². The van der Waals surface area contributed by atoms with Crippen LogP contribution in [-0.4, -0.2) is 174 Å². The maximum atomic E-state index is 15.7. The van der Waals surface area contributed by atoms with Gasteiger partial charge in [-0.3, -0.25) is 47.7 Å². The molecule has 0 aliphatic carbocycles. The molecule has 0 unspecified atom stereocenters. The molecule has 4 N–H and O–H groups in total. The van der Waals surface area contributed by atoms with E-state index in [0.717, 1.165) is 61.5 Å². The van der Waals surface area contributed by atoms with Crippen LogP contribution in [0.15, 0.2) is 73.1 Å². The third kappa shape index (κ3) is 16.8. The second-order valence-corrected chi connectivity index (χ2v) is 27.0. The topological polar surface area (TPSA) is 235 Å². The average Bonchev–Trinajstić information content (AvgIpc) is 1.61. The van der Waals surface area contributed by atoms with Crippen molar-refractivity contribution in [1.29, 1.82) is 0 Å². The monoisotopic (exact) mass is 1480 g/mol. The van der Waals surface area contributed by atoms with Crippen LogP contribution >= 0.6 is 46.4 Å². The van der Waals surface area contributed by atoms with Crippen molar-refractivity contribution in [3.05, 3.63) is 150 Å². The van der Waals surface area contributed by atoms with Gasteiger partial charge < -0.3 is 49.7 Å². The van der Waals surface area contributed by atoms with Gasteiger partial charge in [-0.05, 0) is 62.8 Å². The van der Waals surface area contributed by atoms with Gasteiger partial charge in [-0.15, -0.1) is 0 Å². The number of methoxy groups -OCH3 is 2. The Kier molecular flexibility index (Phi) is 24.8. The van der Waals surface area contributed by atoms with Crippen molar-refractivity contribution in [3.63, 3.8) is 0 Å². The van der Waals surface area contributed by atoms with E-state index < -0.39 is 23.4 Å². The standard InChI is InChI=1S/2C36H40Cl2F2N8O3/c2*1-21(49)48-16-9-22(10-17-48)42-19-25-26(40)18-28(45-36(25)51-3)23-8-13-41-33(32(23)38)24-6-4-7-27(31(24)37)44-35(50)34-43-29-20-47(14-5-12-39)15-11-30(29)46(34)2/h2*4,6-8,13,18,22,42H,5,9-12,14-17,19-20H2,1-3H3,(H,44,50). The second-order valence-electron chi connectivity index (χ2n) is 25.5. The van der Waals surface area contributed by atoms with Gasteiger partial charge in [-0.25, -0.2) is 28.7 Å². The van der Waals surface area contributed by atoms with Gasteiger partial charge >= 0.3 is 0 Å². The molecule has 0 saturated carbocycles. The third-order valence-corrected chi connectivity index (χ3v) is 20.7. The molecule has 0 radical (unpaired) electrons. The molecule has 102 heavy (non-hydrogen) atoms. The Morgan fingerprint density at radius 2 is 0.931 bits per heavy atom. The lowest BCUT2D eigenvalue weighted by Gasteiger charge is -2.32. The fourth-order valence-corrected chi connectivity index (χ4v) is 14.6. The molecule has 4 amide bonds. The number of likely N-dealkylation sites (tertiary alicyclic amines) is 2. The summed E-state index contributed by atoms with van der Waals surface area (Å²) in [6.45, 7) is 9.34. The van der Waals surface area contributed by atoms with Crippen LogP contribution in [0, 0.1) is 11.6 Å². The fourth-order valence-electron chi connectivity index (χ4n) is 13.4. The molecule has 8 aromatic rings. The normalized spacial score (nSPS) is 15.2. The first-order chi connectivity index (χ1) is 49.2. The summed E-state index contributed by atoms with van der Waals surface area (Å²) in [7, 11) is 6.48. The van der Waals surface area contributed by atoms with Crippen LogP contribution in [0.1, 0.15) is 108 Å². The molecule has 2 saturated heterocycles. The predicted octanol–water partition coefficient (Wildman–Crippen LogP) is 12.1. The summed E-state index contributed by atoms with van der Waals surface area (Å²) in [5.74, 6) is -1.04. The number of pyridine rings is 4. The van der Waals surface area contributed by atoms with Gasteiger partial charge in [0, 0.05) is 190 Å². The minimum atomic E-state index is -0.508. The highest BCUT2D eigenvalue weighted by Crippen LogP contribution is 2.43. The molecule has 540 valence electrons. The number of amides is 4. The SMILES string of the molecule is COc1nc(-c2ccnc(-c3cccc(NC(=O)c4nc5c(n4C)CCN(CCCF)C5)c3Cl)c2Cl)cc(F)c1CNC1CCN(C(C)=O)CC1.COc1nc(-c2ccnc(-c3cccc(NC(=O)c4nc5c(n4C)CCN(CCCF)C5)c3Cl)c2Cl)cc(F)c1CNC1CCN(C(C)=O)CC1. The van der Waals surface area contributed by atoms with Crippen molar-refractivity contribution in [2.45, 2.75) is 103 Å². The van der Waals surface area contributed by atoms with Crippen LogP contribution in [0.2, 0.25) is 20.1 Å². The second kappa shape index (κ2) is 33.8. The zero-order valence-corrected chi connectivity index (χ0v) is 60.5. The number of hydrogen-bond acceptors (Lipinski definition) is 16. The summed E-state index contributed by atoms with van der Waals surface area (Å²) in [6.07, 6.45) is 8.48. The lowest BCUT2D eigenvalue weighted by atomic mass is 10.0. The van der Waals surface area contributed by atoms with Crippen LogP contribution in [-0.2, 0) is 62.7 Å². The highest BCUT2D eigenvalue weighted by atomic mass is 35.5. The lowest BCUT2D eigenvalue weighted by molar-refractivity contribution is -0.130. The van der Waals surface area contributed by atoms with Gasteiger partial charge in [-0.2, -0.15) is 0 Å². The number of aromatic nitrogens is 8. The number of piperidine rings is 2. The summed E-state index contributed by atoms with van der Waals surface area (Å²) >= 11 is 27.6. The van der Waals surface area contributed by atoms with E-state index in [1.54, 1.807) is 85.6 Å². The molecule has 0 atom stereocenters. The number of carbonyl (C=O) groups is 4. The lowest BCUT2D eigenvalue weighted by Crippen LogP contribution is -2.44. The Balaban J connectivity index is 0.000000205. The maximum absolute atomic E-state index is 15.7. The first-order valence-corrected chi connectivity index (χ1v) is 35.3. The van der Waals surface area contributed by atoms with Crippen LogP contribution in [0.4, 0.5) is 28.9 Å². The molecule has 4 aliphatic heterocycles. The molecule has 4 aliphatic rings. The van der Waals surface area contributed by atoms with Crippen LogP contribution in [0.25, 0.3) is 45.0 Å². The first kappa shape index (κ1) is 74.8. The number of carbonyl (C=O) groups excluding carboxylic acids is 4. The van der Waals surface area contributed by atoms with E-state index >= 15 is 8.78 Å². The van der Waals surface area contributed by atoms with Crippen molar-refractivity contribution in [2.75, 3.05) is 90.6 Å². The predicted molar refractivity (Wildman–Crippen MR) is 385 cm³/mol. The number of benzene rings is 2. The van der Waals surface area contributed by atoms with Gasteiger partial charge in [-0.1, -0.05) is 70.7 Å². The highest BCUT2D eigenvalue weighted by molar-refractivity contribution is 6.40. The average molecular weight is 1480 g/mol. The minimum Gasteiger partial charge on any atom is -0.481 e. The largest absolute Gasteiger partial charge is 0.481 e. The quantitative estimate of drug-likeness (QED) is 0.0462. The Hall–Kier alpha value is -8.34. The van der Waals surface area contributed by atoms with Crippen molar-refractivity contribution in [3.8, 4) is 56.8 Å². The Bertz CT molecular complexity index is 4140. The Morgan fingerprint density at radius 3 is 1.29 bits per heavy atom. The number of imidazole rings is 2. The Labute approximate surface area is 608 Å². The van der Waals surface area contributed by atoms with Crippen molar-refractivity contribution < 1.29 is 46.2 Å². The number of halogens is 8. The molecule has 10 heterocycles. The van der Waals surface area contributed by atoms with Crippen LogP contribution in [0.5, 0.6) is 11.8 Å². The molecule has 12 rings (SSSR count). The molecular weight excluding hydrogens is 1400 g/mol. The zero-order chi connectivity index (χ0) is 72.5. The number of fused-ring (bicyclic) bond motifs is 2. The number of alkyl halides is 2. The summed E-state index contributed by atoms with van der Waals surface area (Å²) in [4.78, 5) is 85.6. The smallest absolute Gasteiger partial charge is 0.291 e. The molecule has 2 aromatic carbocycles. The van der Waals surface area contributed by atoms with Gasteiger partial charge in [0.1, 0.15) is 11.6 Å². The van der Waals surface area contributed by atoms with Crippen molar-refractivity contribution in [1.82, 2.24) is 69.3 Å². The molecule has 6 aromatic heterocycles. The van der Waals surface area contributed by atoms with Crippen molar-refractivity contribution >= 4 is 81.4 Å². The number of anilines is 2. The van der Waals surface area contributed by atoms with E-state index in [1.807, 2.05) is 9.80 Å². The summed E-state index contributed by atoms with van der Waals surface area (Å²) in [5, 5.41) is 13.3. The van der Waals surface area contributed by atoms with E-state index in [1.165, 1.54) is 38.7 Å². The van der Waals surface area contributed by atoms with E-state index in [2.05, 4.69) is 61.0 Å². The van der Waals surface area contributed by atoms with Gasteiger partial charge in [0.2, 0.25) is 23.6 Å².